The van der Waals surface area contributed by atoms with E-state index >= 15 is 0 Å². The van der Waals surface area contributed by atoms with Crippen LogP contribution in [-0.4, -0.2) is 15.3 Å². The summed E-state index contributed by atoms with van der Waals surface area (Å²) < 4.78 is 3.99. The van der Waals surface area contributed by atoms with Crippen LogP contribution in [-0.2, 0) is 0 Å². The zero-order valence-electron chi connectivity index (χ0n) is 9.52. The molecule has 0 unspecified atom stereocenters. The van der Waals surface area contributed by atoms with Crippen molar-refractivity contribution >= 4 is 28.3 Å². The summed E-state index contributed by atoms with van der Waals surface area (Å²) in [5.41, 5.74) is 7.68. The van der Waals surface area contributed by atoms with E-state index < -0.39 is 0 Å². The van der Waals surface area contributed by atoms with Crippen molar-refractivity contribution in [1.29, 1.82) is 0 Å². The van der Waals surface area contributed by atoms with Gasteiger partial charge in [0.15, 0.2) is 0 Å². The number of hydrogen-bond donors (Lipinski definition) is 2. The molecule has 0 atom stereocenters. The van der Waals surface area contributed by atoms with Gasteiger partial charge in [0.2, 0.25) is 5.13 Å². The van der Waals surface area contributed by atoms with Gasteiger partial charge in [0, 0.05) is 22.8 Å². The highest BCUT2D eigenvalue weighted by Gasteiger charge is 2.12. The smallest absolute Gasteiger partial charge is 0.257 e. The van der Waals surface area contributed by atoms with E-state index in [1.807, 2.05) is 6.92 Å². The number of nitrogen functional groups attached to an aromatic ring is 1. The fourth-order valence-corrected chi connectivity index (χ4v) is 1.98. The predicted octanol–water partition coefficient (Wildman–Crippen LogP) is 1.99. The third-order valence-corrected chi connectivity index (χ3v) is 3.09. The molecule has 0 saturated heterocycles. The van der Waals surface area contributed by atoms with Crippen LogP contribution in [0.15, 0.2) is 18.2 Å². The summed E-state index contributed by atoms with van der Waals surface area (Å²) in [5, 5.41) is 3.19. The van der Waals surface area contributed by atoms with Crippen LogP contribution in [0.4, 0.5) is 10.8 Å². The Hall–Kier alpha value is -1.95. The summed E-state index contributed by atoms with van der Waals surface area (Å²) in [6, 6.07) is 5.25. The third kappa shape index (κ3) is 2.42. The zero-order valence-corrected chi connectivity index (χ0v) is 10.3. The second-order valence-corrected chi connectivity index (χ2v) is 4.37. The monoisotopic (exact) mass is 248 g/mol. The Labute approximate surface area is 103 Å². The van der Waals surface area contributed by atoms with E-state index in [-0.39, 0.29) is 5.91 Å². The number of nitrogens with one attached hydrogen (secondary N) is 1. The Bertz CT molecular complexity index is 564. The molecule has 0 aliphatic heterocycles. The molecule has 0 bridgehead atoms. The second-order valence-electron chi connectivity index (χ2n) is 3.62. The summed E-state index contributed by atoms with van der Waals surface area (Å²) in [5.74, 6) is 0.431. The van der Waals surface area contributed by atoms with E-state index in [0.29, 0.717) is 22.2 Å². The minimum absolute atomic E-state index is 0.217. The van der Waals surface area contributed by atoms with Crippen LogP contribution in [0.3, 0.4) is 0 Å². The maximum Gasteiger partial charge on any atom is 0.257 e. The van der Waals surface area contributed by atoms with E-state index in [4.69, 9.17) is 5.73 Å². The maximum atomic E-state index is 12.0. The average Bonchev–Trinajstić information content (AvgIpc) is 2.68. The number of rotatable bonds is 2. The SMILES string of the molecule is Cc1nsc(NC(=O)c2cccc(N)c2C)n1. The number of aryl methyl sites for hydroxylation is 1. The maximum absolute atomic E-state index is 12.0. The van der Waals surface area contributed by atoms with Crippen molar-refractivity contribution in [2.45, 2.75) is 13.8 Å². The van der Waals surface area contributed by atoms with Crippen LogP contribution < -0.4 is 11.1 Å². The van der Waals surface area contributed by atoms with Crippen molar-refractivity contribution in [3.8, 4) is 0 Å². The number of hydrogen-bond acceptors (Lipinski definition) is 5. The molecule has 0 aliphatic rings. The molecule has 0 saturated carbocycles. The first-order valence-corrected chi connectivity index (χ1v) is 5.82. The molecule has 1 aromatic carbocycles. The van der Waals surface area contributed by atoms with Gasteiger partial charge in [-0.2, -0.15) is 4.37 Å². The molecule has 0 radical (unpaired) electrons. The lowest BCUT2D eigenvalue weighted by atomic mass is 10.1. The van der Waals surface area contributed by atoms with E-state index in [0.717, 1.165) is 17.1 Å². The molecule has 88 valence electrons. The number of anilines is 2. The van der Waals surface area contributed by atoms with Gasteiger partial charge in [-0.25, -0.2) is 4.98 Å². The van der Waals surface area contributed by atoms with Crippen LogP contribution >= 0.6 is 11.5 Å². The summed E-state index contributed by atoms with van der Waals surface area (Å²) in [6.45, 7) is 3.59. The molecule has 0 aliphatic carbocycles. The van der Waals surface area contributed by atoms with Crippen LogP contribution in [0.2, 0.25) is 0 Å². The average molecular weight is 248 g/mol. The Balaban J connectivity index is 2.23. The van der Waals surface area contributed by atoms with Crippen molar-refractivity contribution in [3.63, 3.8) is 0 Å². The number of benzene rings is 1. The summed E-state index contributed by atoms with van der Waals surface area (Å²) >= 11 is 1.16. The number of carbonyl (C=O) groups is 1. The highest BCUT2D eigenvalue weighted by Crippen LogP contribution is 2.18. The lowest BCUT2D eigenvalue weighted by molar-refractivity contribution is 0.102. The summed E-state index contributed by atoms with van der Waals surface area (Å²) in [6.07, 6.45) is 0. The molecule has 2 aromatic rings. The molecular formula is C11H12N4OS. The summed E-state index contributed by atoms with van der Waals surface area (Å²) in [4.78, 5) is 16.0. The fraction of sp³-hybridized carbons (Fsp3) is 0.182. The molecule has 17 heavy (non-hydrogen) atoms. The van der Waals surface area contributed by atoms with Gasteiger partial charge in [0.25, 0.3) is 5.91 Å². The zero-order chi connectivity index (χ0) is 12.4. The van der Waals surface area contributed by atoms with Gasteiger partial charge < -0.3 is 5.73 Å². The highest BCUT2D eigenvalue weighted by molar-refractivity contribution is 7.09. The third-order valence-electron chi connectivity index (χ3n) is 2.37. The lowest BCUT2D eigenvalue weighted by Crippen LogP contribution is -2.14. The van der Waals surface area contributed by atoms with E-state index in [2.05, 4.69) is 14.7 Å². The molecule has 1 amide bonds. The van der Waals surface area contributed by atoms with Crippen LogP contribution in [0.1, 0.15) is 21.7 Å². The molecular weight excluding hydrogens is 236 g/mol. The molecule has 5 nitrogen and oxygen atoms in total. The number of amides is 1. The van der Waals surface area contributed by atoms with Crippen molar-refractivity contribution < 1.29 is 4.79 Å². The topological polar surface area (TPSA) is 80.9 Å². The Kier molecular flexibility index (Phi) is 3.06. The standard InChI is InChI=1S/C11H12N4OS/c1-6-8(4-3-5-9(6)12)10(16)14-11-13-7(2)15-17-11/h3-5H,12H2,1-2H3,(H,13,14,15,16). The summed E-state index contributed by atoms with van der Waals surface area (Å²) in [7, 11) is 0. The number of nitrogens with zero attached hydrogens (tertiary/aromatic N) is 2. The number of aromatic nitrogens is 2. The minimum Gasteiger partial charge on any atom is -0.398 e. The molecule has 2 rings (SSSR count). The quantitative estimate of drug-likeness (QED) is 0.796. The first-order chi connectivity index (χ1) is 8.08. The van der Waals surface area contributed by atoms with Crippen molar-refractivity contribution in [1.82, 2.24) is 9.36 Å². The second kappa shape index (κ2) is 4.50. The van der Waals surface area contributed by atoms with Crippen LogP contribution in [0.25, 0.3) is 0 Å². The largest absolute Gasteiger partial charge is 0.398 e. The van der Waals surface area contributed by atoms with Gasteiger partial charge in [-0.1, -0.05) is 6.07 Å². The van der Waals surface area contributed by atoms with Gasteiger partial charge in [-0.05, 0) is 31.5 Å². The van der Waals surface area contributed by atoms with E-state index in [9.17, 15) is 4.79 Å². The van der Waals surface area contributed by atoms with Crippen molar-refractivity contribution in [2.75, 3.05) is 11.1 Å². The molecule has 1 heterocycles. The highest BCUT2D eigenvalue weighted by atomic mass is 32.1. The van der Waals surface area contributed by atoms with Gasteiger partial charge >= 0.3 is 0 Å². The molecule has 0 fully saturated rings. The molecule has 3 N–H and O–H groups in total. The first kappa shape index (κ1) is 11.5. The van der Waals surface area contributed by atoms with Gasteiger partial charge in [-0.15, -0.1) is 0 Å². The normalized spacial score (nSPS) is 10.2. The minimum atomic E-state index is -0.217. The van der Waals surface area contributed by atoms with E-state index in [1.165, 1.54) is 0 Å². The van der Waals surface area contributed by atoms with Gasteiger partial charge in [0.1, 0.15) is 5.82 Å². The van der Waals surface area contributed by atoms with Crippen LogP contribution in [0, 0.1) is 13.8 Å². The number of nitrogens with two attached hydrogens (primary N) is 1. The fourth-order valence-electron chi connectivity index (χ4n) is 1.41. The predicted molar refractivity (Wildman–Crippen MR) is 68.2 cm³/mol. The Morgan fingerprint density at radius 2 is 2.18 bits per heavy atom. The molecule has 1 aromatic heterocycles. The van der Waals surface area contributed by atoms with Crippen LogP contribution in [0.5, 0.6) is 0 Å². The van der Waals surface area contributed by atoms with Gasteiger partial charge in [0.05, 0.1) is 0 Å². The number of carbonyl (C=O) groups excluding carboxylic acids is 1. The Morgan fingerprint density at radius 1 is 1.41 bits per heavy atom. The van der Waals surface area contributed by atoms with Crippen molar-refractivity contribution in [3.05, 3.63) is 35.2 Å². The van der Waals surface area contributed by atoms with E-state index in [1.54, 1.807) is 25.1 Å². The molecule has 0 spiro atoms. The van der Waals surface area contributed by atoms with Gasteiger partial charge in [-0.3, -0.25) is 10.1 Å². The lowest BCUT2D eigenvalue weighted by Gasteiger charge is -2.06. The van der Waals surface area contributed by atoms with Crippen molar-refractivity contribution in [2.24, 2.45) is 0 Å². The Morgan fingerprint density at radius 3 is 2.82 bits per heavy atom. The molecule has 6 heteroatoms. The first-order valence-electron chi connectivity index (χ1n) is 5.04.